The van der Waals surface area contributed by atoms with Gasteiger partial charge < -0.3 is 4.98 Å². The van der Waals surface area contributed by atoms with E-state index in [2.05, 4.69) is 9.97 Å². The summed E-state index contributed by atoms with van der Waals surface area (Å²) >= 11 is 0. The van der Waals surface area contributed by atoms with Gasteiger partial charge in [0.2, 0.25) is 0 Å². The van der Waals surface area contributed by atoms with Crippen molar-refractivity contribution >= 4 is 5.78 Å². The van der Waals surface area contributed by atoms with Gasteiger partial charge in [-0.1, -0.05) is 6.07 Å². The number of carbonyl (C=O) groups is 1. The van der Waals surface area contributed by atoms with Crippen LogP contribution in [-0.4, -0.2) is 15.8 Å². The van der Waals surface area contributed by atoms with Gasteiger partial charge in [0, 0.05) is 12.6 Å². The third-order valence-electron chi connectivity index (χ3n) is 2.42. The summed E-state index contributed by atoms with van der Waals surface area (Å²) < 4.78 is 27.1. The Morgan fingerprint density at radius 2 is 1.88 bits per heavy atom. The van der Waals surface area contributed by atoms with Crippen molar-refractivity contribution in [1.82, 2.24) is 9.97 Å². The number of carbonyl (C=O) groups excluding carboxylic acids is 1. The Balaban J connectivity index is 2.64. The summed E-state index contributed by atoms with van der Waals surface area (Å²) in [4.78, 5) is 17.7. The van der Waals surface area contributed by atoms with E-state index in [-0.39, 0.29) is 22.9 Å². The maximum absolute atomic E-state index is 13.5. The van der Waals surface area contributed by atoms with Gasteiger partial charge in [-0.05, 0) is 19.1 Å². The van der Waals surface area contributed by atoms with Crippen LogP contribution in [0.2, 0.25) is 0 Å². The fraction of sp³-hybridized carbons (Fsp3) is 0.167. The molecular formula is C12H10F2N2O. The average molecular weight is 236 g/mol. The fourth-order valence-corrected chi connectivity index (χ4v) is 1.59. The molecular weight excluding hydrogens is 226 g/mol. The highest BCUT2D eigenvalue weighted by atomic mass is 19.1. The molecule has 2 aromatic rings. The second-order valence-electron chi connectivity index (χ2n) is 3.71. The molecule has 1 aromatic carbocycles. The summed E-state index contributed by atoms with van der Waals surface area (Å²) in [5.74, 6) is -1.58. The molecule has 5 heteroatoms. The third-order valence-corrected chi connectivity index (χ3v) is 2.42. The molecule has 0 unspecified atom stereocenters. The van der Waals surface area contributed by atoms with Crippen molar-refractivity contribution in [2.24, 2.45) is 0 Å². The highest BCUT2D eigenvalue weighted by molar-refractivity contribution is 5.91. The summed E-state index contributed by atoms with van der Waals surface area (Å²) in [6.07, 6.45) is 0. The summed E-state index contributed by atoms with van der Waals surface area (Å²) in [5, 5.41) is 0. The molecule has 1 aromatic heterocycles. The first-order valence-electron chi connectivity index (χ1n) is 5.02. The molecule has 2 rings (SSSR count). The molecule has 3 nitrogen and oxygen atoms in total. The Hall–Kier alpha value is -2.04. The van der Waals surface area contributed by atoms with E-state index in [0.717, 1.165) is 12.1 Å². The van der Waals surface area contributed by atoms with Crippen molar-refractivity contribution in [1.29, 1.82) is 0 Å². The molecule has 0 aliphatic heterocycles. The molecule has 17 heavy (non-hydrogen) atoms. The minimum atomic E-state index is -0.699. The first kappa shape index (κ1) is 11.4. The summed E-state index contributed by atoms with van der Waals surface area (Å²) in [7, 11) is 0. The minimum absolute atomic E-state index is 0.0974. The summed E-state index contributed by atoms with van der Waals surface area (Å²) in [6, 6.07) is 3.59. The zero-order valence-electron chi connectivity index (χ0n) is 9.34. The van der Waals surface area contributed by atoms with Crippen LogP contribution in [0.3, 0.4) is 0 Å². The normalized spacial score (nSPS) is 10.6. The Labute approximate surface area is 96.5 Å². The number of ketones is 1. The lowest BCUT2D eigenvalue weighted by Gasteiger charge is -2.02. The molecule has 88 valence electrons. The van der Waals surface area contributed by atoms with E-state index in [1.165, 1.54) is 13.0 Å². The number of halogens is 2. The topological polar surface area (TPSA) is 45.8 Å². The van der Waals surface area contributed by atoms with Crippen LogP contribution >= 0.6 is 0 Å². The second-order valence-corrected chi connectivity index (χ2v) is 3.71. The van der Waals surface area contributed by atoms with E-state index in [4.69, 9.17) is 0 Å². The Morgan fingerprint density at radius 1 is 1.29 bits per heavy atom. The number of nitrogens with zero attached hydrogens (tertiary/aromatic N) is 1. The van der Waals surface area contributed by atoms with Crippen molar-refractivity contribution in [3.8, 4) is 11.3 Å². The van der Waals surface area contributed by atoms with E-state index < -0.39 is 11.6 Å². The summed E-state index contributed by atoms with van der Waals surface area (Å²) in [6.45, 7) is 2.94. The van der Waals surface area contributed by atoms with Gasteiger partial charge in [-0.3, -0.25) is 4.79 Å². The van der Waals surface area contributed by atoms with Crippen LogP contribution in [0.4, 0.5) is 8.78 Å². The predicted octanol–water partition coefficient (Wildman–Crippen LogP) is 2.87. The van der Waals surface area contributed by atoms with E-state index in [0.29, 0.717) is 5.69 Å². The van der Waals surface area contributed by atoms with E-state index in [9.17, 15) is 13.6 Å². The Kier molecular flexibility index (Phi) is 2.75. The highest BCUT2D eigenvalue weighted by Crippen LogP contribution is 2.27. The molecule has 0 aliphatic carbocycles. The standard InChI is InChI=1S/C12H10F2N2O/c1-6-11(16-12(15-6)7(2)17)10-8(13)4-3-5-9(10)14/h3-5H,1-2H3,(H,15,16). The molecule has 0 atom stereocenters. The van der Waals surface area contributed by atoms with Gasteiger partial charge >= 0.3 is 0 Å². The Morgan fingerprint density at radius 3 is 2.35 bits per heavy atom. The predicted molar refractivity (Wildman–Crippen MR) is 58.7 cm³/mol. The van der Waals surface area contributed by atoms with Gasteiger partial charge in [0.25, 0.3) is 0 Å². The van der Waals surface area contributed by atoms with Gasteiger partial charge in [-0.2, -0.15) is 0 Å². The van der Waals surface area contributed by atoms with Crippen molar-refractivity contribution in [2.75, 3.05) is 0 Å². The van der Waals surface area contributed by atoms with E-state index >= 15 is 0 Å². The molecule has 0 amide bonds. The van der Waals surface area contributed by atoms with Crippen LogP contribution < -0.4 is 0 Å². The van der Waals surface area contributed by atoms with Gasteiger partial charge in [0.15, 0.2) is 11.6 Å². The van der Waals surface area contributed by atoms with Crippen LogP contribution in [0, 0.1) is 18.6 Å². The van der Waals surface area contributed by atoms with E-state index in [1.54, 1.807) is 6.92 Å². The number of hydrogen-bond donors (Lipinski definition) is 1. The van der Waals surface area contributed by atoms with Crippen LogP contribution in [0.5, 0.6) is 0 Å². The average Bonchev–Trinajstić information content (AvgIpc) is 2.61. The van der Waals surface area contributed by atoms with Crippen LogP contribution in [0.15, 0.2) is 18.2 Å². The first-order chi connectivity index (χ1) is 8.00. The SMILES string of the molecule is CC(=O)c1nc(-c2c(F)cccc2F)c(C)[nH]1. The van der Waals surface area contributed by atoms with Crippen molar-refractivity contribution in [3.05, 3.63) is 41.4 Å². The molecule has 1 N–H and O–H groups in total. The van der Waals surface area contributed by atoms with Gasteiger partial charge in [0.05, 0.1) is 11.3 Å². The number of hydrogen-bond acceptors (Lipinski definition) is 2. The zero-order valence-corrected chi connectivity index (χ0v) is 9.34. The third kappa shape index (κ3) is 1.95. The number of benzene rings is 1. The molecule has 0 bridgehead atoms. The monoisotopic (exact) mass is 236 g/mol. The molecule has 0 saturated carbocycles. The highest BCUT2D eigenvalue weighted by Gasteiger charge is 2.18. The van der Waals surface area contributed by atoms with Crippen molar-refractivity contribution in [2.45, 2.75) is 13.8 Å². The lowest BCUT2D eigenvalue weighted by molar-refractivity contribution is 0.100. The molecule has 0 aliphatic rings. The van der Waals surface area contributed by atoms with Gasteiger partial charge in [-0.15, -0.1) is 0 Å². The summed E-state index contributed by atoms with van der Waals surface area (Å²) in [5.41, 5.74) is 0.374. The second kappa shape index (κ2) is 4.08. The quantitative estimate of drug-likeness (QED) is 0.815. The number of rotatable bonds is 2. The molecule has 0 spiro atoms. The Bertz CT molecular complexity index is 570. The maximum Gasteiger partial charge on any atom is 0.195 e. The van der Waals surface area contributed by atoms with Gasteiger partial charge in [-0.25, -0.2) is 13.8 Å². The van der Waals surface area contributed by atoms with Crippen LogP contribution in [0.25, 0.3) is 11.3 Å². The number of Topliss-reactive ketones (excluding diaryl/α,β-unsaturated/α-hetero) is 1. The van der Waals surface area contributed by atoms with Crippen LogP contribution in [-0.2, 0) is 0 Å². The first-order valence-corrected chi connectivity index (χ1v) is 5.02. The molecule has 0 radical (unpaired) electrons. The maximum atomic E-state index is 13.5. The lowest BCUT2D eigenvalue weighted by Crippen LogP contribution is -1.95. The van der Waals surface area contributed by atoms with Crippen LogP contribution in [0.1, 0.15) is 23.2 Å². The number of nitrogens with one attached hydrogen (secondary N) is 1. The van der Waals surface area contributed by atoms with Crippen molar-refractivity contribution < 1.29 is 13.6 Å². The lowest BCUT2D eigenvalue weighted by atomic mass is 10.1. The number of aryl methyl sites for hydroxylation is 1. The molecule has 1 heterocycles. The van der Waals surface area contributed by atoms with E-state index in [1.807, 2.05) is 0 Å². The number of aromatic amines is 1. The van der Waals surface area contributed by atoms with Gasteiger partial charge in [0.1, 0.15) is 11.6 Å². The zero-order chi connectivity index (χ0) is 12.6. The fourth-order valence-electron chi connectivity index (χ4n) is 1.59. The number of imidazole rings is 1. The smallest absolute Gasteiger partial charge is 0.195 e. The van der Waals surface area contributed by atoms with Crippen molar-refractivity contribution in [3.63, 3.8) is 0 Å². The molecule has 0 saturated heterocycles. The molecule has 0 fully saturated rings. The minimum Gasteiger partial charge on any atom is -0.339 e. The number of H-pyrrole nitrogens is 1. The number of aromatic nitrogens is 2. The largest absolute Gasteiger partial charge is 0.339 e.